The van der Waals surface area contributed by atoms with Crippen molar-refractivity contribution in [3.8, 4) is 0 Å². The zero-order valence-electron chi connectivity index (χ0n) is 15.0. The molecule has 0 aromatic heterocycles. The number of benzene rings is 1. The molecule has 0 radical (unpaired) electrons. The van der Waals surface area contributed by atoms with Gasteiger partial charge < -0.3 is 10.5 Å². The van der Waals surface area contributed by atoms with Gasteiger partial charge in [0.2, 0.25) is 0 Å². The Morgan fingerprint density at radius 2 is 2.00 bits per heavy atom. The van der Waals surface area contributed by atoms with Gasteiger partial charge >= 0.3 is 5.97 Å². The lowest BCUT2D eigenvalue weighted by Gasteiger charge is -2.18. The van der Waals surface area contributed by atoms with Crippen LogP contribution in [0, 0.1) is 18.8 Å². The smallest absolute Gasteiger partial charge is 0.344 e. The first-order valence-electron chi connectivity index (χ1n) is 8.35. The Kier molecular flexibility index (Phi) is 6.56. The summed E-state index contributed by atoms with van der Waals surface area (Å²) < 4.78 is 5.07. The fraction of sp³-hybridized carbons (Fsp3) is 0.421. The first kappa shape index (κ1) is 19.4. The summed E-state index contributed by atoms with van der Waals surface area (Å²) in [4.78, 5) is 29.9. The summed E-state index contributed by atoms with van der Waals surface area (Å²) in [6.45, 7) is 7.61. The van der Waals surface area contributed by atoms with Crippen molar-refractivity contribution < 1.29 is 14.3 Å². The van der Waals surface area contributed by atoms with Crippen LogP contribution < -0.4 is 5.73 Å². The number of ether oxygens (including phenoxy) is 1. The van der Waals surface area contributed by atoms with Crippen LogP contribution in [0.5, 0.6) is 0 Å². The highest BCUT2D eigenvalue weighted by Crippen LogP contribution is 2.38. The predicted molar refractivity (Wildman–Crippen MR) is 102 cm³/mol. The highest BCUT2D eigenvalue weighted by molar-refractivity contribution is 8.18. The number of nitrogens with zero attached hydrogens (tertiary/aromatic N) is 1. The number of aryl methyl sites for hydroxylation is 1. The molecule has 0 spiro atoms. The summed E-state index contributed by atoms with van der Waals surface area (Å²) in [5.41, 5.74) is 7.43. The number of rotatable bonds is 6. The Morgan fingerprint density at radius 1 is 1.32 bits per heavy atom. The lowest BCUT2D eigenvalue weighted by molar-refractivity contribution is -0.137. The number of carbonyl (C=O) groups is 2. The van der Waals surface area contributed by atoms with Gasteiger partial charge in [-0.05, 0) is 26.3 Å². The zero-order valence-corrected chi connectivity index (χ0v) is 15.8. The normalized spacial score (nSPS) is 20.9. The summed E-state index contributed by atoms with van der Waals surface area (Å²) >= 11 is 1.24. The van der Waals surface area contributed by atoms with Gasteiger partial charge in [-0.15, -0.1) is 0 Å². The molecule has 0 bridgehead atoms. The highest BCUT2D eigenvalue weighted by atomic mass is 32.2. The summed E-state index contributed by atoms with van der Waals surface area (Å²) in [6.07, 6.45) is 1.38. The molecular weight excluding hydrogens is 336 g/mol. The number of nitrogens with two attached hydrogens (primary N) is 1. The molecule has 2 rings (SSSR count). The lowest BCUT2D eigenvalue weighted by atomic mass is 9.86. The number of thioether (sulfide) groups is 1. The molecule has 134 valence electrons. The molecule has 3 atom stereocenters. The van der Waals surface area contributed by atoms with Crippen molar-refractivity contribution in [1.29, 1.82) is 0 Å². The summed E-state index contributed by atoms with van der Waals surface area (Å²) in [5.74, 6) is -0.981. The average Bonchev–Trinajstić information content (AvgIpc) is 2.97. The molecule has 5 nitrogen and oxygen atoms in total. The minimum Gasteiger partial charge on any atom is -0.462 e. The molecule has 1 aromatic carbocycles. The molecule has 2 N–H and O–H groups in total. The van der Waals surface area contributed by atoms with Crippen LogP contribution in [0.1, 0.15) is 36.7 Å². The second-order valence-electron chi connectivity index (χ2n) is 6.06. The van der Waals surface area contributed by atoms with Gasteiger partial charge in [0.15, 0.2) is 5.78 Å². The third-order valence-electron chi connectivity index (χ3n) is 4.00. The molecule has 6 heteroatoms. The van der Waals surface area contributed by atoms with Gasteiger partial charge in [-0.25, -0.2) is 4.79 Å². The molecule has 1 aromatic rings. The van der Waals surface area contributed by atoms with Crippen LogP contribution in [0.25, 0.3) is 0 Å². The van der Waals surface area contributed by atoms with Gasteiger partial charge in [-0.3, -0.25) is 9.79 Å². The van der Waals surface area contributed by atoms with Crippen molar-refractivity contribution in [1.82, 2.24) is 0 Å². The van der Waals surface area contributed by atoms with Gasteiger partial charge in [0.1, 0.15) is 0 Å². The summed E-state index contributed by atoms with van der Waals surface area (Å²) in [6, 6.07) is 7.51. The largest absolute Gasteiger partial charge is 0.462 e. The van der Waals surface area contributed by atoms with Crippen molar-refractivity contribution >= 4 is 28.6 Å². The van der Waals surface area contributed by atoms with Gasteiger partial charge in [-0.1, -0.05) is 49.0 Å². The van der Waals surface area contributed by atoms with E-state index in [1.54, 1.807) is 19.9 Å². The van der Waals surface area contributed by atoms with Crippen molar-refractivity contribution in [2.45, 2.75) is 33.9 Å². The van der Waals surface area contributed by atoms with E-state index < -0.39 is 6.17 Å². The van der Waals surface area contributed by atoms with Gasteiger partial charge in [0, 0.05) is 17.4 Å². The molecule has 0 saturated carbocycles. The molecule has 1 heterocycles. The molecule has 0 amide bonds. The molecule has 0 fully saturated rings. The first-order valence-corrected chi connectivity index (χ1v) is 9.16. The van der Waals surface area contributed by atoms with Crippen LogP contribution in [0.2, 0.25) is 0 Å². The lowest BCUT2D eigenvalue weighted by Crippen LogP contribution is -2.25. The molecule has 1 aliphatic heterocycles. The predicted octanol–water partition coefficient (Wildman–Crippen LogP) is 3.33. The molecule has 0 aliphatic carbocycles. The maximum atomic E-state index is 12.9. The number of aliphatic imine (C=N–C) groups is 1. The quantitative estimate of drug-likeness (QED) is 0.621. The average molecular weight is 360 g/mol. The Balaban J connectivity index is 2.33. The number of allylic oxidation sites excluding steroid dienone is 1. The second kappa shape index (κ2) is 8.45. The van der Waals surface area contributed by atoms with E-state index in [-0.39, 0.29) is 23.6 Å². The van der Waals surface area contributed by atoms with Crippen LogP contribution in [0.4, 0.5) is 0 Å². The summed E-state index contributed by atoms with van der Waals surface area (Å²) in [5, 5.41) is 0.687. The number of esters is 1. The minimum absolute atomic E-state index is 0.0300. The number of hydrogen-bond donors (Lipinski definition) is 1. The monoisotopic (exact) mass is 360 g/mol. The standard InChI is InChI=1S/C19H24N2O3S/c1-5-24-19(23)16-10-15(18(25-16)21-13(4)20)12(3)17(22)14-9-7-6-8-11(14)2/h6-10,12-13,15H,5,20H2,1-4H3/b21-18+. The third-order valence-corrected chi connectivity index (χ3v) is 5.11. The van der Waals surface area contributed by atoms with Crippen molar-refractivity contribution in [2.24, 2.45) is 22.6 Å². The van der Waals surface area contributed by atoms with E-state index in [4.69, 9.17) is 10.5 Å². The van der Waals surface area contributed by atoms with E-state index in [0.717, 1.165) is 5.56 Å². The van der Waals surface area contributed by atoms with E-state index in [2.05, 4.69) is 4.99 Å². The Labute approximate surface area is 152 Å². The van der Waals surface area contributed by atoms with E-state index in [1.165, 1.54) is 11.8 Å². The van der Waals surface area contributed by atoms with E-state index in [1.807, 2.05) is 38.1 Å². The maximum Gasteiger partial charge on any atom is 0.344 e. The zero-order chi connectivity index (χ0) is 18.6. The molecule has 3 unspecified atom stereocenters. The van der Waals surface area contributed by atoms with Crippen LogP contribution in [-0.4, -0.2) is 29.6 Å². The minimum atomic E-state index is -0.402. The second-order valence-corrected chi connectivity index (χ2v) is 7.12. The van der Waals surface area contributed by atoms with Crippen LogP contribution in [0.3, 0.4) is 0 Å². The van der Waals surface area contributed by atoms with Crippen molar-refractivity contribution in [3.05, 3.63) is 46.4 Å². The number of hydrogen-bond acceptors (Lipinski definition) is 6. The van der Waals surface area contributed by atoms with E-state index in [9.17, 15) is 9.59 Å². The highest BCUT2D eigenvalue weighted by Gasteiger charge is 2.36. The summed E-state index contributed by atoms with van der Waals surface area (Å²) in [7, 11) is 0. The topological polar surface area (TPSA) is 81.8 Å². The van der Waals surface area contributed by atoms with Crippen LogP contribution >= 0.6 is 11.8 Å². The number of ketones is 1. The number of carbonyl (C=O) groups excluding carboxylic acids is 2. The molecular formula is C19H24N2O3S. The van der Waals surface area contributed by atoms with Crippen LogP contribution in [0.15, 0.2) is 40.2 Å². The van der Waals surface area contributed by atoms with E-state index >= 15 is 0 Å². The van der Waals surface area contributed by atoms with Gasteiger partial charge in [-0.2, -0.15) is 0 Å². The van der Waals surface area contributed by atoms with Crippen molar-refractivity contribution in [2.75, 3.05) is 6.61 Å². The van der Waals surface area contributed by atoms with E-state index in [0.29, 0.717) is 22.1 Å². The molecule has 0 saturated heterocycles. The van der Waals surface area contributed by atoms with Gasteiger partial charge in [0.25, 0.3) is 0 Å². The van der Waals surface area contributed by atoms with Crippen LogP contribution in [-0.2, 0) is 9.53 Å². The van der Waals surface area contributed by atoms with Crippen molar-refractivity contribution in [3.63, 3.8) is 0 Å². The SMILES string of the molecule is CCOC(=O)C1=CC(C(C)C(=O)c2ccccc2C)/C(=N\C(C)N)S1. The molecule has 1 aliphatic rings. The Morgan fingerprint density at radius 3 is 2.60 bits per heavy atom. The Bertz CT molecular complexity index is 725. The van der Waals surface area contributed by atoms with Gasteiger partial charge in [0.05, 0.1) is 22.7 Å². The number of Topliss-reactive ketones (excluding diaryl/α,β-unsaturated/α-hetero) is 1. The third kappa shape index (κ3) is 4.58. The maximum absolute atomic E-state index is 12.9. The molecule has 25 heavy (non-hydrogen) atoms. The first-order chi connectivity index (χ1) is 11.8. The fourth-order valence-electron chi connectivity index (χ4n) is 2.69. The fourth-order valence-corrected chi connectivity index (χ4v) is 3.90. The Hall–Kier alpha value is -1.92.